The first-order valence-electron chi connectivity index (χ1n) is 7.80. The maximum Gasteiger partial charge on any atom is 0.341 e. The molecule has 0 aliphatic heterocycles. The van der Waals surface area contributed by atoms with E-state index in [4.69, 9.17) is 21.4 Å². The van der Waals surface area contributed by atoms with Crippen LogP contribution in [0.1, 0.15) is 16.7 Å². The Bertz CT molecular complexity index is 1040. The molecule has 0 spiro atoms. The van der Waals surface area contributed by atoms with E-state index in [-0.39, 0.29) is 11.4 Å². The molecule has 0 fully saturated rings. The number of fused-ring (bicyclic) bond motifs is 1. The monoisotopic (exact) mass is 375 g/mol. The van der Waals surface area contributed by atoms with Gasteiger partial charge in [-0.15, -0.1) is 0 Å². The zero-order valence-electron chi connectivity index (χ0n) is 13.8. The predicted molar refractivity (Wildman–Crippen MR) is 96.7 cm³/mol. The third-order valence-corrected chi connectivity index (χ3v) is 4.42. The number of carboxylic acids is 1. The van der Waals surface area contributed by atoms with Crippen LogP contribution in [-0.2, 0) is 11.2 Å². The fourth-order valence-corrected chi connectivity index (χ4v) is 3.05. The van der Waals surface area contributed by atoms with Gasteiger partial charge in [-0.3, -0.25) is 4.79 Å². The summed E-state index contributed by atoms with van der Waals surface area (Å²) in [6.07, 6.45) is 0.294. The van der Waals surface area contributed by atoms with Gasteiger partial charge in [0.1, 0.15) is 11.6 Å². The van der Waals surface area contributed by atoms with Crippen molar-refractivity contribution in [1.29, 1.82) is 0 Å². The van der Waals surface area contributed by atoms with Crippen LogP contribution in [0.2, 0.25) is 5.02 Å². The zero-order chi connectivity index (χ0) is 18.8. The zero-order valence-corrected chi connectivity index (χ0v) is 14.6. The number of aromatic nitrogens is 1. The van der Waals surface area contributed by atoms with E-state index in [9.17, 15) is 14.0 Å². The summed E-state index contributed by atoms with van der Waals surface area (Å²) < 4.78 is 18.4. The maximum absolute atomic E-state index is 13.1. The molecule has 26 heavy (non-hydrogen) atoms. The summed E-state index contributed by atoms with van der Waals surface area (Å²) in [5.41, 5.74) is 1.97. The van der Waals surface area contributed by atoms with E-state index in [1.165, 1.54) is 18.2 Å². The second-order valence-electron chi connectivity index (χ2n) is 5.84. The Morgan fingerprint density at radius 3 is 2.58 bits per heavy atom. The smallest absolute Gasteiger partial charge is 0.341 e. The SMILES string of the molecule is Cc1c(Cc2ccc(F)cc2)c(=O)[nH]c2c(Cl)ccc(OCC(=O)O)c12. The van der Waals surface area contributed by atoms with E-state index in [0.29, 0.717) is 39.2 Å². The molecule has 0 aliphatic rings. The molecule has 0 aliphatic carbocycles. The van der Waals surface area contributed by atoms with Crippen LogP contribution in [0.25, 0.3) is 10.9 Å². The van der Waals surface area contributed by atoms with Crippen molar-refractivity contribution in [3.05, 3.63) is 74.3 Å². The molecule has 0 bridgehead atoms. The number of halogens is 2. The number of aryl methyl sites for hydroxylation is 1. The van der Waals surface area contributed by atoms with Crippen LogP contribution in [0.3, 0.4) is 0 Å². The number of rotatable bonds is 5. The Morgan fingerprint density at radius 2 is 1.92 bits per heavy atom. The van der Waals surface area contributed by atoms with Crippen LogP contribution in [0.4, 0.5) is 4.39 Å². The highest BCUT2D eigenvalue weighted by atomic mass is 35.5. The average molecular weight is 376 g/mol. The number of hydrogen-bond acceptors (Lipinski definition) is 3. The van der Waals surface area contributed by atoms with Crippen LogP contribution in [0.5, 0.6) is 5.75 Å². The molecule has 3 aromatic rings. The van der Waals surface area contributed by atoms with Crippen molar-refractivity contribution >= 4 is 28.5 Å². The highest BCUT2D eigenvalue weighted by Crippen LogP contribution is 2.33. The largest absolute Gasteiger partial charge is 0.481 e. The molecule has 2 aromatic carbocycles. The number of benzene rings is 2. The molecule has 0 amide bonds. The van der Waals surface area contributed by atoms with E-state index in [2.05, 4.69) is 4.98 Å². The highest BCUT2D eigenvalue weighted by Gasteiger charge is 2.16. The predicted octanol–water partition coefficient (Wildman–Crippen LogP) is 3.68. The van der Waals surface area contributed by atoms with Crippen molar-refractivity contribution < 1.29 is 19.0 Å². The number of aliphatic carboxylic acids is 1. The van der Waals surface area contributed by atoms with Gasteiger partial charge in [0.2, 0.25) is 0 Å². The molecule has 1 heterocycles. The lowest BCUT2D eigenvalue weighted by atomic mass is 9.98. The Morgan fingerprint density at radius 1 is 1.23 bits per heavy atom. The number of pyridine rings is 1. The highest BCUT2D eigenvalue weighted by molar-refractivity contribution is 6.35. The standard InChI is InChI=1S/C19H15ClFNO4/c1-10-13(8-11-2-4-12(21)5-3-11)19(25)22-18-14(20)6-7-15(17(10)18)26-9-16(23)24/h2-7H,8-9H2,1H3,(H,22,25)(H,23,24). The lowest BCUT2D eigenvalue weighted by Crippen LogP contribution is -2.16. The van der Waals surface area contributed by atoms with Crippen LogP contribution in [0, 0.1) is 12.7 Å². The van der Waals surface area contributed by atoms with Gasteiger partial charge in [0.15, 0.2) is 6.61 Å². The molecule has 5 nitrogen and oxygen atoms in total. The second kappa shape index (κ2) is 7.17. The van der Waals surface area contributed by atoms with Crippen molar-refractivity contribution in [1.82, 2.24) is 4.98 Å². The van der Waals surface area contributed by atoms with Crippen LogP contribution < -0.4 is 10.3 Å². The first kappa shape index (κ1) is 17.9. The van der Waals surface area contributed by atoms with Gasteiger partial charge >= 0.3 is 5.97 Å². The van der Waals surface area contributed by atoms with Crippen molar-refractivity contribution in [2.45, 2.75) is 13.3 Å². The first-order chi connectivity index (χ1) is 12.4. The first-order valence-corrected chi connectivity index (χ1v) is 8.17. The Kier molecular flexibility index (Phi) is 4.95. The Labute approximate surface area is 153 Å². The lowest BCUT2D eigenvalue weighted by molar-refractivity contribution is -0.139. The summed E-state index contributed by atoms with van der Waals surface area (Å²) in [5, 5.41) is 9.73. The molecule has 7 heteroatoms. The van der Waals surface area contributed by atoms with E-state index in [1.807, 2.05) is 0 Å². The molecule has 0 radical (unpaired) electrons. The number of hydrogen-bond donors (Lipinski definition) is 2. The quantitative estimate of drug-likeness (QED) is 0.713. The minimum absolute atomic E-state index is 0.294. The molecule has 0 unspecified atom stereocenters. The maximum atomic E-state index is 13.1. The number of aromatic amines is 1. The molecular weight excluding hydrogens is 361 g/mol. The number of H-pyrrole nitrogens is 1. The van der Waals surface area contributed by atoms with Gasteiger partial charge in [-0.2, -0.15) is 0 Å². The summed E-state index contributed by atoms with van der Waals surface area (Å²) in [4.78, 5) is 26.1. The third-order valence-electron chi connectivity index (χ3n) is 4.10. The van der Waals surface area contributed by atoms with E-state index >= 15 is 0 Å². The summed E-state index contributed by atoms with van der Waals surface area (Å²) in [6.45, 7) is 1.24. The average Bonchev–Trinajstić information content (AvgIpc) is 2.60. The van der Waals surface area contributed by atoms with Crippen molar-refractivity contribution in [3.63, 3.8) is 0 Å². The van der Waals surface area contributed by atoms with Gasteiger partial charge < -0.3 is 14.8 Å². The van der Waals surface area contributed by atoms with Crippen LogP contribution in [-0.4, -0.2) is 22.7 Å². The Hall–Kier alpha value is -2.86. The molecule has 0 atom stereocenters. The summed E-state index contributed by atoms with van der Waals surface area (Å²) in [5.74, 6) is -1.14. The van der Waals surface area contributed by atoms with E-state index in [1.54, 1.807) is 25.1 Å². The molecule has 0 saturated carbocycles. The van der Waals surface area contributed by atoms with Gasteiger partial charge in [-0.25, -0.2) is 9.18 Å². The van der Waals surface area contributed by atoms with Gasteiger partial charge in [0, 0.05) is 17.4 Å². The third kappa shape index (κ3) is 3.55. The molecule has 134 valence electrons. The minimum Gasteiger partial charge on any atom is -0.481 e. The number of ether oxygens (including phenoxy) is 1. The molecule has 0 saturated heterocycles. The molecule has 2 N–H and O–H groups in total. The Balaban J connectivity index is 2.15. The fourth-order valence-electron chi connectivity index (χ4n) is 2.84. The summed E-state index contributed by atoms with van der Waals surface area (Å²) in [6, 6.07) is 8.99. The van der Waals surface area contributed by atoms with E-state index < -0.39 is 12.6 Å². The minimum atomic E-state index is -1.11. The fraction of sp³-hybridized carbons (Fsp3) is 0.158. The van der Waals surface area contributed by atoms with Gasteiger partial charge in [0.25, 0.3) is 5.56 Å². The summed E-state index contributed by atoms with van der Waals surface area (Å²) >= 11 is 6.18. The molecule has 1 aromatic heterocycles. The van der Waals surface area contributed by atoms with Crippen molar-refractivity contribution in [2.24, 2.45) is 0 Å². The second-order valence-corrected chi connectivity index (χ2v) is 6.25. The number of carbonyl (C=O) groups is 1. The molecular formula is C19H15ClFNO4. The normalized spacial score (nSPS) is 10.9. The van der Waals surface area contributed by atoms with Gasteiger partial charge in [-0.1, -0.05) is 23.7 Å². The van der Waals surface area contributed by atoms with Gasteiger partial charge in [-0.05, 0) is 42.3 Å². The molecule has 3 rings (SSSR count). The lowest BCUT2D eigenvalue weighted by Gasteiger charge is -2.14. The topological polar surface area (TPSA) is 79.4 Å². The van der Waals surface area contributed by atoms with Gasteiger partial charge in [0.05, 0.1) is 10.5 Å². The van der Waals surface area contributed by atoms with E-state index in [0.717, 1.165) is 5.56 Å². The van der Waals surface area contributed by atoms with Crippen LogP contribution in [0.15, 0.2) is 41.2 Å². The van der Waals surface area contributed by atoms with Crippen molar-refractivity contribution in [3.8, 4) is 5.75 Å². The van der Waals surface area contributed by atoms with Crippen LogP contribution >= 0.6 is 11.6 Å². The number of carboxylic acid groups (broad SMARTS) is 1. The summed E-state index contributed by atoms with van der Waals surface area (Å²) in [7, 11) is 0. The van der Waals surface area contributed by atoms with Crippen molar-refractivity contribution in [2.75, 3.05) is 6.61 Å². The number of nitrogens with one attached hydrogen (secondary N) is 1.